The lowest BCUT2D eigenvalue weighted by atomic mass is 10.2. The lowest BCUT2D eigenvalue weighted by molar-refractivity contribution is -0.722. The van der Waals surface area contributed by atoms with Gasteiger partial charge in [0.1, 0.15) is 6.04 Å². The average molecular weight is 221 g/mol. The SMILES string of the molecule is CNc1cc[n+](C2CCN(C(C)C)C2)cn1. The smallest absolute Gasteiger partial charge is 0.289 e. The minimum absolute atomic E-state index is 0.584. The molecule has 1 saturated heterocycles. The lowest BCUT2D eigenvalue weighted by Crippen LogP contribution is -2.41. The minimum atomic E-state index is 0.584. The molecule has 1 unspecified atom stereocenters. The number of nitrogens with zero attached hydrogens (tertiary/aromatic N) is 3. The van der Waals surface area contributed by atoms with Crippen molar-refractivity contribution in [2.45, 2.75) is 32.4 Å². The highest BCUT2D eigenvalue weighted by Crippen LogP contribution is 2.18. The van der Waals surface area contributed by atoms with Crippen molar-refractivity contribution in [2.24, 2.45) is 0 Å². The van der Waals surface area contributed by atoms with Crippen LogP contribution in [0.15, 0.2) is 18.6 Å². The van der Waals surface area contributed by atoms with Crippen LogP contribution in [-0.4, -0.2) is 36.1 Å². The minimum Gasteiger partial charge on any atom is -0.352 e. The standard InChI is InChI=1S/C12H20N4/c1-10(2)15-6-4-11(8-15)16-7-5-12(13-3)14-9-16/h5,7,9-11H,4,6,8H2,1-3H3/p+1. The summed E-state index contributed by atoms with van der Waals surface area (Å²) in [6, 6.07) is 3.26. The maximum absolute atomic E-state index is 4.34. The van der Waals surface area contributed by atoms with Gasteiger partial charge < -0.3 is 5.32 Å². The van der Waals surface area contributed by atoms with Gasteiger partial charge in [-0.2, -0.15) is 0 Å². The zero-order valence-corrected chi connectivity index (χ0v) is 10.3. The summed E-state index contributed by atoms with van der Waals surface area (Å²) in [5.74, 6) is 0.926. The van der Waals surface area contributed by atoms with Crippen LogP contribution in [0.5, 0.6) is 0 Å². The van der Waals surface area contributed by atoms with Gasteiger partial charge in [-0.05, 0) is 18.8 Å². The van der Waals surface area contributed by atoms with Crippen molar-refractivity contribution in [3.8, 4) is 0 Å². The summed E-state index contributed by atoms with van der Waals surface area (Å²) in [6.07, 6.45) is 5.27. The molecule has 1 aliphatic rings. The molecule has 1 aliphatic heterocycles. The van der Waals surface area contributed by atoms with E-state index in [1.54, 1.807) is 0 Å². The molecule has 1 aromatic rings. The molecule has 0 aliphatic carbocycles. The van der Waals surface area contributed by atoms with Gasteiger partial charge in [0.05, 0.1) is 6.20 Å². The van der Waals surface area contributed by atoms with Crippen LogP contribution < -0.4 is 9.88 Å². The van der Waals surface area contributed by atoms with E-state index in [2.05, 4.69) is 39.8 Å². The monoisotopic (exact) mass is 221 g/mol. The normalized spacial score (nSPS) is 21.6. The Morgan fingerprint density at radius 2 is 2.38 bits per heavy atom. The van der Waals surface area contributed by atoms with E-state index in [0.717, 1.165) is 12.4 Å². The second-order valence-electron chi connectivity index (χ2n) is 4.67. The number of hydrogen-bond donors (Lipinski definition) is 1. The van der Waals surface area contributed by atoms with Crippen LogP contribution in [0.1, 0.15) is 26.3 Å². The average Bonchev–Trinajstić information content (AvgIpc) is 2.78. The van der Waals surface area contributed by atoms with Crippen molar-refractivity contribution in [2.75, 3.05) is 25.5 Å². The van der Waals surface area contributed by atoms with E-state index in [1.165, 1.54) is 13.0 Å². The molecule has 2 rings (SSSR count). The fraction of sp³-hybridized carbons (Fsp3) is 0.667. The topological polar surface area (TPSA) is 32.0 Å². The molecule has 0 aromatic carbocycles. The number of hydrogen-bond acceptors (Lipinski definition) is 3. The predicted octanol–water partition coefficient (Wildman–Crippen LogP) is 1.07. The maximum atomic E-state index is 4.34. The molecule has 0 radical (unpaired) electrons. The van der Waals surface area contributed by atoms with E-state index < -0.39 is 0 Å². The first-order chi connectivity index (χ1) is 7.70. The number of rotatable bonds is 3. The van der Waals surface area contributed by atoms with Crippen molar-refractivity contribution in [1.82, 2.24) is 9.88 Å². The van der Waals surface area contributed by atoms with Crippen molar-refractivity contribution >= 4 is 5.82 Å². The molecule has 0 bridgehead atoms. The Morgan fingerprint density at radius 3 is 2.88 bits per heavy atom. The highest BCUT2D eigenvalue weighted by atomic mass is 15.2. The summed E-state index contributed by atoms with van der Waals surface area (Å²) in [6.45, 7) is 6.86. The lowest BCUT2D eigenvalue weighted by Gasteiger charge is -2.19. The molecule has 4 nitrogen and oxygen atoms in total. The highest BCUT2D eigenvalue weighted by molar-refractivity contribution is 5.28. The molecular formula is C12H21N4+. The third-order valence-corrected chi connectivity index (χ3v) is 3.34. The van der Waals surface area contributed by atoms with Gasteiger partial charge in [0.2, 0.25) is 5.82 Å². The Kier molecular flexibility index (Phi) is 3.39. The second kappa shape index (κ2) is 4.78. The molecule has 1 atom stereocenters. The Morgan fingerprint density at radius 1 is 1.56 bits per heavy atom. The number of aromatic nitrogens is 2. The van der Waals surface area contributed by atoms with Crippen LogP contribution >= 0.6 is 0 Å². The molecule has 16 heavy (non-hydrogen) atoms. The first kappa shape index (κ1) is 11.3. The highest BCUT2D eigenvalue weighted by Gasteiger charge is 2.28. The van der Waals surface area contributed by atoms with Gasteiger partial charge in [-0.3, -0.25) is 4.90 Å². The second-order valence-corrected chi connectivity index (χ2v) is 4.67. The van der Waals surface area contributed by atoms with Crippen LogP contribution in [0.3, 0.4) is 0 Å². The van der Waals surface area contributed by atoms with Gasteiger partial charge in [0, 0.05) is 38.7 Å². The van der Waals surface area contributed by atoms with E-state index in [4.69, 9.17) is 0 Å². The molecule has 0 spiro atoms. The first-order valence-electron chi connectivity index (χ1n) is 5.99. The summed E-state index contributed by atoms with van der Waals surface area (Å²) in [5, 5.41) is 3.04. The molecule has 2 heterocycles. The largest absolute Gasteiger partial charge is 0.352 e. The fourth-order valence-electron chi connectivity index (χ4n) is 2.21. The van der Waals surface area contributed by atoms with Crippen LogP contribution in [0.4, 0.5) is 5.82 Å². The fourth-order valence-corrected chi connectivity index (χ4v) is 2.21. The third-order valence-electron chi connectivity index (χ3n) is 3.34. The van der Waals surface area contributed by atoms with E-state index in [1.807, 2.05) is 19.4 Å². The maximum Gasteiger partial charge on any atom is 0.289 e. The predicted molar refractivity (Wildman–Crippen MR) is 64.3 cm³/mol. The molecule has 0 saturated carbocycles. The number of nitrogens with one attached hydrogen (secondary N) is 1. The Labute approximate surface area is 97.3 Å². The summed E-state index contributed by atoms with van der Waals surface area (Å²) < 4.78 is 2.23. The van der Waals surface area contributed by atoms with Gasteiger partial charge in [0.15, 0.2) is 0 Å². The van der Waals surface area contributed by atoms with E-state index in [9.17, 15) is 0 Å². The molecule has 0 amide bonds. The van der Waals surface area contributed by atoms with Crippen molar-refractivity contribution in [3.05, 3.63) is 18.6 Å². The quantitative estimate of drug-likeness (QED) is 0.775. The molecule has 1 N–H and O–H groups in total. The van der Waals surface area contributed by atoms with E-state index in [-0.39, 0.29) is 0 Å². The first-order valence-corrected chi connectivity index (χ1v) is 5.99. The van der Waals surface area contributed by atoms with Gasteiger partial charge >= 0.3 is 0 Å². The number of anilines is 1. The van der Waals surface area contributed by atoms with Gasteiger partial charge in [-0.25, -0.2) is 4.57 Å². The van der Waals surface area contributed by atoms with E-state index in [0.29, 0.717) is 12.1 Å². The summed E-state index contributed by atoms with van der Waals surface area (Å²) in [4.78, 5) is 6.86. The Bertz CT molecular complexity index is 333. The zero-order valence-electron chi connectivity index (χ0n) is 10.3. The van der Waals surface area contributed by atoms with Gasteiger partial charge in [0.25, 0.3) is 6.33 Å². The third kappa shape index (κ3) is 2.32. The Balaban J connectivity index is 2.03. The van der Waals surface area contributed by atoms with Crippen LogP contribution in [-0.2, 0) is 0 Å². The van der Waals surface area contributed by atoms with Crippen molar-refractivity contribution in [1.29, 1.82) is 0 Å². The van der Waals surface area contributed by atoms with Crippen molar-refractivity contribution < 1.29 is 4.57 Å². The van der Waals surface area contributed by atoms with Gasteiger partial charge in [-0.15, -0.1) is 0 Å². The molecular weight excluding hydrogens is 200 g/mol. The van der Waals surface area contributed by atoms with Crippen molar-refractivity contribution in [3.63, 3.8) is 0 Å². The van der Waals surface area contributed by atoms with E-state index >= 15 is 0 Å². The summed E-state index contributed by atoms with van der Waals surface area (Å²) >= 11 is 0. The van der Waals surface area contributed by atoms with Crippen LogP contribution in [0, 0.1) is 0 Å². The summed E-state index contributed by atoms with van der Waals surface area (Å²) in [7, 11) is 1.89. The van der Waals surface area contributed by atoms with Crippen LogP contribution in [0.25, 0.3) is 0 Å². The zero-order chi connectivity index (χ0) is 11.5. The molecule has 1 fully saturated rings. The molecule has 88 valence electrons. The van der Waals surface area contributed by atoms with Gasteiger partial charge in [-0.1, -0.05) is 0 Å². The molecule has 1 aromatic heterocycles. The van der Waals surface area contributed by atoms with Crippen LogP contribution in [0.2, 0.25) is 0 Å². The Hall–Kier alpha value is -1.16. The molecule has 4 heteroatoms. The summed E-state index contributed by atoms with van der Waals surface area (Å²) in [5.41, 5.74) is 0. The number of likely N-dealkylation sites (tertiary alicyclic amines) is 1.